The summed E-state index contributed by atoms with van der Waals surface area (Å²) in [5.41, 5.74) is 0.965. The fourth-order valence-electron chi connectivity index (χ4n) is 3.55. The molecule has 4 heterocycles. The van der Waals surface area contributed by atoms with Crippen LogP contribution in [-0.4, -0.2) is 38.4 Å². The zero-order valence-electron chi connectivity index (χ0n) is 15.1. The standard InChI is InChI=1S/C20H23N5O2/c26-20(17-5-2-9-24(13-17)14-18-6-3-11-27-18)23-12-16-4-1-7-22-19(16)25-10-8-21-15-25/h1,3-4,6-8,10-11,15,17H,2,5,9,12-14H2,(H,23,26)/t17-/m1/s1. The number of carbonyl (C=O) groups is 1. The summed E-state index contributed by atoms with van der Waals surface area (Å²) in [7, 11) is 0. The fraction of sp³-hybridized carbons (Fsp3) is 0.350. The van der Waals surface area contributed by atoms with Crippen LogP contribution in [0.5, 0.6) is 0 Å². The van der Waals surface area contributed by atoms with Crippen molar-refractivity contribution in [2.45, 2.75) is 25.9 Å². The van der Waals surface area contributed by atoms with Gasteiger partial charge in [0.25, 0.3) is 0 Å². The van der Waals surface area contributed by atoms with Gasteiger partial charge in [-0.25, -0.2) is 9.97 Å². The van der Waals surface area contributed by atoms with Crippen molar-refractivity contribution in [1.29, 1.82) is 0 Å². The van der Waals surface area contributed by atoms with Crippen molar-refractivity contribution in [3.8, 4) is 5.82 Å². The topological polar surface area (TPSA) is 76.2 Å². The Hall–Kier alpha value is -2.93. The number of pyridine rings is 1. The first-order valence-electron chi connectivity index (χ1n) is 9.24. The molecule has 1 aliphatic heterocycles. The van der Waals surface area contributed by atoms with Gasteiger partial charge in [0.05, 0.1) is 18.7 Å². The smallest absolute Gasteiger partial charge is 0.224 e. The van der Waals surface area contributed by atoms with E-state index >= 15 is 0 Å². The zero-order valence-corrected chi connectivity index (χ0v) is 15.1. The molecule has 0 aliphatic carbocycles. The first-order valence-corrected chi connectivity index (χ1v) is 9.24. The maximum atomic E-state index is 12.7. The molecule has 1 saturated heterocycles. The van der Waals surface area contributed by atoms with Gasteiger partial charge in [-0.3, -0.25) is 14.3 Å². The van der Waals surface area contributed by atoms with Crippen LogP contribution in [0.3, 0.4) is 0 Å². The number of hydrogen-bond acceptors (Lipinski definition) is 5. The Morgan fingerprint density at radius 1 is 1.30 bits per heavy atom. The van der Waals surface area contributed by atoms with Crippen molar-refractivity contribution < 1.29 is 9.21 Å². The van der Waals surface area contributed by atoms with Crippen molar-refractivity contribution in [3.05, 3.63) is 66.8 Å². The van der Waals surface area contributed by atoms with Gasteiger partial charge in [0, 0.05) is 37.2 Å². The highest BCUT2D eigenvalue weighted by Gasteiger charge is 2.26. The summed E-state index contributed by atoms with van der Waals surface area (Å²) in [5, 5.41) is 3.09. The van der Waals surface area contributed by atoms with Crippen LogP contribution in [0.25, 0.3) is 5.82 Å². The molecule has 140 valence electrons. The van der Waals surface area contributed by atoms with E-state index in [1.54, 1.807) is 25.0 Å². The number of furan rings is 1. The largest absolute Gasteiger partial charge is 0.468 e. The predicted octanol–water partition coefficient (Wildman–Crippen LogP) is 2.39. The summed E-state index contributed by atoms with van der Waals surface area (Å²) in [6.07, 6.45) is 10.6. The van der Waals surface area contributed by atoms with Crippen LogP contribution in [-0.2, 0) is 17.9 Å². The molecule has 3 aromatic rings. The number of rotatable bonds is 6. The Labute approximate surface area is 158 Å². The molecule has 0 spiro atoms. The van der Waals surface area contributed by atoms with Crippen molar-refractivity contribution >= 4 is 5.91 Å². The summed E-state index contributed by atoms with van der Waals surface area (Å²) in [5.74, 6) is 1.83. The molecule has 27 heavy (non-hydrogen) atoms. The average molecular weight is 365 g/mol. The molecule has 7 heteroatoms. The lowest BCUT2D eigenvalue weighted by Gasteiger charge is -2.31. The summed E-state index contributed by atoms with van der Waals surface area (Å²) < 4.78 is 7.28. The second-order valence-electron chi connectivity index (χ2n) is 6.83. The van der Waals surface area contributed by atoms with E-state index in [9.17, 15) is 4.79 Å². The van der Waals surface area contributed by atoms with E-state index < -0.39 is 0 Å². The molecule has 0 saturated carbocycles. The molecule has 7 nitrogen and oxygen atoms in total. The number of amides is 1. The number of nitrogens with zero attached hydrogens (tertiary/aromatic N) is 4. The van der Waals surface area contributed by atoms with Crippen molar-refractivity contribution in [3.63, 3.8) is 0 Å². The quantitative estimate of drug-likeness (QED) is 0.726. The Balaban J connectivity index is 1.36. The Kier molecular flexibility index (Phi) is 5.29. The monoisotopic (exact) mass is 365 g/mol. The lowest BCUT2D eigenvalue weighted by molar-refractivity contribution is -0.127. The van der Waals surface area contributed by atoms with Crippen LogP contribution in [0.2, 0.25) is 0 Å². The van der Waals surface area contributed by atoms with Crippen LogP contribution < -0.4 is 5.32 Å². The minimum Gasteiger partial charge on any atom is -0.468 e. The molecule has 0 radical (unpaired) electrons. The fourth-order valence-corrected chi connectivity index (χ4v) is 3.55. The highest BCUT2D eigenvalue weighted by Crippen LogP contribution is 2.19. The van der Waals surface area contributed by atoms with Crippen molar-refractivity contribution in [1.82, 2.24) is 24.8 Å². The third-order valence-corrected chi connectivity index (χ3v) is 4.91. The van der Waals surface area contributed by atoms with Gasteiger partial charge in [0.15, 0.2) is 0 Å². The van der Waals surface area contributed by atoms with Crippen LogP contribution in [0.4, 0.5) is 0 Å². The number of imidazole rings is 1. The first-order chi connectivity index (χ1) is 13.3. The lowest BCUT2D eigenvalue weighted by Crippen LogP contribution is -2.42. The van der Waals surface area contributed by atoms with E-state index in [1.807, 2.05) is 35.0 Å². The van der Waals surface area contributed by atoms with Gasteiger partial charge in [0.2, 0.25) is 5.91 Å². The molecule has 4 rings (SSSR count). The van der Waals surface area contributed by atoms with Crippen molar-refractivity contribution in [2.24, 2.45) is 5.92 Å². The molecule has 1 amide bonds. The molecule has 1 fully saturated rings. The third kappa shape index (κ3) is 4.25. The van der Waals surface area contributed by atoms with E-state index in [2.05, 4.69) is 20.2 Å². The third-order valence-electron chi connectivity index (χ3n) is 4.91. The molecule has 0 aromatic carbocycles. The zero-order chi connectivity index (χ0) is 18.5. The van der Waals surface area contributed by atoms with Gasteiger partial charge in [-0.15, -0.1) is 0 Å². The maximum absolute atomic E-state index is 12.7. The number of nitrogens with one attached hydrogen (secondary N) is 1. The predicted molar refractivity (Wildman–Crippen MR) is 99.9 cm³/mol. The first kappa shape index (κ1) is 17.5. The van der Waals surface area contributed by atoms with Gasteiger partial charge >= 0.3 is 0 Å². The Morgan fingerprint density at radius 2 is 2.26 bits per heavy atom. The van der Waals surface area contributed by atoms with Gasteiger partial charge in [-0.2, -0.15) is 0 Å². The van der Waals surface area contributed by atoms with E-state index in [1.165, 1.54) is 0 Å². The molecular weight excluding hydrogens is 342 g/mol. The van der Waals surface area contributed by atoms with E-state index in [4.69, 9.17) is 4.42 Å². The van der Waals surface area contributed by atoms with Gasteiger partial charge < -0.3 is 9.73 Å². The van der Waals surface area contributed by atoms with E-state index in [0.717, 1.165) is 49.6 Å². The SMILES string of the molecule is O=C(NCc1cccnc1-n1ccnc1)[C@@H]1CCCN(Cc2ccco2)C1. The minimum absolute atomic E-state index is 0.00192. The second-order valence-corrected chi connectivity index (χ2v) is 6.83. The van der Waals surface area contributed by atoms with E-state index in [0.29, 0.717) is 6.54 Å². The second kappa shape index (κ2) is 8.18. The van der Waals surface area contributed by atoms with Crippen LogP contribution in [0.15, 0.2) is 59.9 Å². The van der Waals surface area contributed by atoms with Crippen LogP contribution >= 0.6 is 0 Å². The lowest BCUT2D eigenvalue weighted by atomic mass is 9.97. The van der Waals surface area contributed by atoms with Gasteiger partial charge in [0.1, 0.15) is 17.9 Å². The highest BCUT2D eigenvalue weighted by molar-refractivity contribution is 5.79. The summed E-state index contributed by atoms with van der Waals surface area (Å²) >= 11 is 0. The summed E-state index contributed by atoms with van der Waals surface area (Å²) in [6, 6.07) is 7.74. The number of aromatic nitrogens is 3. The average Bonchev–Trinajstić information content (AvgIpc) is 3.41. The Morgan fingerprint density at radius 3 is 3.07 bits per heavy atom. The molecule has 1 N–H and O–H groups in total. The van der Waals surface area contributed by atoms with Crippen molar-refractivity contribution in [2.75, 3.05) is 13.1 Å². The molecule has 1 atom stereocenters. The summed E-state index contributed by atoms with van der Waals surface area (Å²) in [4.78, 5) is 23.5. The number of carbonyl (C=O) groups excluding carboxylic acids is 1. The van der Waals surface area contributed by atoms with E-state index in [-0.39, 0.29) is 11.8 Å². The molecule has 0 bridgehead atoms. The molecular formula is C20H23N5O2. The number of piperidine rings is 1. The summed E-state index contributed by atoms with van der Waals surface area (Å²) in [6.45, 7) is 2.96. The molecule has 0 unspecified atom stereocenters. The highest BCUT2D eigenvalue weighted by atomic mass is 16.3. The number of hydrogen-bond donors (Lipinski definition) is 1. The van der Waals surface area contributed by atoms with Crippen LogP contribution in [0.1, 0.15) is 24.2 Å². The van der Waals surface area contributed by atoms with Crippen LogP contribution in [0, 0.1) is 5.92 Å². The maximum Gasteiger partial charge on any atom is 0.224 e. The Bertz CT molecular complexity index is 860. The number of likely N-dealkylation sites (tertiary alicyclic amines) is 1. The normalized spacial score (nSPS) is 17.7. The van der Waals surface area contributed by atoms with Gasteiger partial charge in [-0.1, -0.05) is 6.07 Å². The molecule has 1 aliphatic rings. The minimum atomic E-state index is 0.00192. The molecule has 3 aromatic heterocycles. The van der Waals surface area contributed by atoms with Gasteiger partial charge in [-0.05, 0) is 37.6 Å².